The van der Waals surface area contributed by atoms with E-state index in [1.807, 2.05) is 78.9 Å². The van der Waals surface area contributed by atoms with Crippen LogP contribution in [0.4, 0.5) is 0 Å². The summed E-state index contributed by atoms with van der Waals surface area (Å²) in [6, 6.07) is 25.1. The molecule has 0 aliphatic heterocycles. The Balaban J connectivity index is 2.03. The molecule has 0 bridgehead atoms. The predicted octanol–water partition coefficient (Wildman–Crippen LogP) is 4.70. The minimum atomic E-state index is -0.555. The van der Waals surface area contributed by atoms with Crippen molar-refractivity contribution < 1.29 is 4.79 Å². The monoisotopic (exact) mass is 297 g/mol. The molecule has 1 atom stereocenters. The van der Waals surface area contributed by atoms with Crippen molar-refractivity contribution >= 4 is 11.5 Å². The number of rotatable bonds is 1. The summed E-state index contributed by atoms with van der Waals surface area (Å²) in [5.74, 6) is -0.561. The van der Waals surface area contributed by atoms with Crippen LogP contribution in [0, 0.1) is 5.41 Å². The molecular weight excluding hydrogens is 282 g/mol. The lowest BCUT2D eigenvalue weighted by molar-refractivity contribution is 0.0983. The molecule has 1 N–H and O–H groups in total. The van der Waals surface area contributed by atoms with Gasteiger partial charge < -0.3 is 5.41 Å². The third kappa shape index (κ3) is 2.11. The second-order valence-electron chi connectivity index (χ2n) is 5.71. The summed E-state index contributed by atoms with van der Waals surface area (Å²) in [5.41, 5.74) is 4.63. The Hall–Kier alpha value is -3.00. The molecule has 2 nitrogen and oxygen atoms in total. The highest BCUT2D eigenvalue weighted by molar-refractivity contribution is 6.26. The van der Waals surface area contributed by atoms with Crippen molar-refractivity contribution in [2.24, 2.45) is 0 Å². The molecule has 1 unspecified atom stereocenters. The lowest BCUT2D eigenvalue weighted by Gasteiger charge is -2.16. The topological polar surface area (TPSA) is 40.9 Å². The van der Waals surface area contributed by atoms with E-state index in [2.05, 4.69) is 0 Å². The first-order chi connectivity index (χ1) is 11.3. The van der Waals surface area contributed by atoms with E-state index in [-0.39, 0.29) is 5.78 Å². The molecule has 2 heteroatoms. The number of carbonyl (C=O) groups is 1. The molecular formula is C21H15NO. The zero-order valence-corrected chi connectivity index (χ0v) is 12.5. The molecule has 3 aromatic rings. The van der Waals surface area contributed by atoms with Gasteiger partial charge in [0.1, 0.15) is 0 Å². The van der Waals surface area contributed by atoms with Crippen LogP contribution in [0.1, 0.15) is 27.4 Å². The van der Waals surface area contributed by atoms with Crippen molar-refractivity contribution in [1.29, 1.82) is 5.41 Å². The van der Waals surface area contributed by atoms with Crippen LogP contribution in [0.25, 0.3) is 11.1 Å². The van der Waals surface area contributed by atoms with E-state index in [1.54, 1.807) is 0 Å². The van der Waals surface area contributed by atoms with Crippen LogP contribution in [-0.4, -0.2) is 11.5 Å². The normalized spacial score (nSPS) is 16.4. The number of benzene rings is 3. The number of fused-ring (bicyclic) bond motifs is 3. The van der Waals surface area contributed by atoms with E-state index in [0.717, 1.165) is 22.3 Å². The molecule has 0 fully saturated rings. The standard InChI is InChI=1S/C21H15NO/c22-20-17-12-6-4-10-15(17)16-11-5-7-13-18(16)21(23)19(20)14-8-2-1-3-9-14/h1-13,19,22H. The minimum absolute atomic E-state index is 0.00648. The van der Waals surface area contributed by atoms with E-state index in [0.29, 0.717) is 11.3 Å². The Bertz CT molecular complexity index is 854. The van der Waals surface area contributed by atoms with Gasteiger partial charge >= 0.3 is 0 Å². The number of ketones is 1. The Kier molecular flexibility index (Phi) is 3.16. The number of carbonyl (C=O) groups excluding carboxylic acids is 1. The van der Waals surface area contributed by atoms with E-state index < -0.39 is 5.92 Å². The number of nitrogens with one attached hydrogen (secondary N) is 1. The van der Waals surface area contributed by atoms with Gasteiger partial charge in [0, 0.05) is 11.1 Å². The van der Waals surface area contributed by atoms with Gasteiger partial charge in [-0.15, -0.1) is 0 Å². The van der Waals surface area contributed by atoms with Crippen molar-refractivity contribution in [2.75, 3.05) is 0 Å². The summed E-state index contributed by atoms with van der Waals surface area (Å²) in [6.07, 6.45) is 0. The van der Waals surface area contributed by atoms with Crippen LogP contribution >= 0.6 is 0 Å². The molecule has 1 aliphatic rings. The first-order valence-electron chi connectivity index (χ1n) is 7.64. The SMILES string of the molecule is N=C1c2ccccc2-c2ccccc2C(=O)C1c1ccccc1. The lowest BCUT2D eigenvalue weighted by atomic mass is 9.86. The number of hydrogen-bond acceptors (Lipinski definition) is 2. The second-order valence-corrected chi connectivity index (χ2v) is 5.71. The van der Waals surface area contributed by atoms with E-state index >= 15 is 0 Å². The highest BCUT2D eigenvalue weighted by atomic mass is 16.1. The molecule has 0 amide bonds. The highest BCUT2D eigenvalue weighted by Gasteiger charge is 2.33. The largest absolute Gasteiger partial charge is 0.304 e. The van der Waals surface area contributed by atoms with E-state index in [4.69, 9.17) is 5.41 Å². The number of hydrogen-bond donors (Lipinski definition) is 1. The van der Waals surface area contributed by atoms with Gasteiger partial charge in [0.05, 0.1) is 11.6 Å². The van der Waals surface area contributed by atoms with Crippen molar-refractivity contribution in [2.45, 2.75) is 5.92 Å². The van der Waals surface area contributed by atoms with Gasteiger partial charge in [-0.1, -0.05) is 78.9 Å². The maximum atomic E-state index is 13.2. The third-order valence-corrected chi connectivity index (χ3v) is 4.38. The molecule has 0 aromatic heterocycles. The first-order valence-corrected chi connectivity index (χ1v) is 7.64. The second kappa shape index (κ2) is 5.33. The quantitative estimate of drug-likeness (QED) is 0.695. The Morgan fingerprint density at radius 3 is 1.74 bits per heavy atom. The average Bonchev–Trinajstić information content (AvgIpc) is 2.71. The molecule has 0 spiro atoms. The van der Waals surface area contributed by atoms with Crippen LogP contribution in [0.5, 0.6) is 0 Å². The Morgan fingerprint density at radius 1 is 0.609 bits per heavy atom. The zero-order valence-electron chi connectivity index (χ0n) is 12.5. The molecule has 0 saturated carbocycles. The third-order valence-electron chi connectivity index (χ3n) is 4.38. The summed E-state index contributed by atoms with van der Waals surface area (Å²) in [7, 11) is 0. The first kappa shape index (κ1) is 13.6. The summed E-state index contributed by atoms with van der Waals surface area (Å²) < 4.78 is 0. The van der Waals surface area contributed by atoms with Crippen molar-refractivity contribution in [3.63, 3.8) is 0 Å². The van der Waals surface area contributed by atoms with Crippen molar-refractivity contribution in [3.05, 3.63) is 95.6 Å². The Labute approximate surface area is 134 Å². The van der Waals surface area contributed by atoms with Crippen molar-refractivity contribution in [3.8, 4) is 11.1 Å². The smallest absolute Gasteiger partial charge is 0.176 e. The fourth-order valence-corrected chi connectivity index (χ4v) is 3.29. The predicted molar refractivity (Wildman–Crippen MR) is 92.2 cm³/mol. The van der Waals surface area contributed by atoms with Gasteiger partial charge in [-0.05, 0) is 16.7 Å². The van der Waals surface area contributed by atoms with Gasteiger partial charge in [0.25, 0.3) is 0 Å². The Morgan fingerprint density at radius 2 is 1.09 bits per heavy atom. The molecule has 0 heterocycles. The van der Waals surface area contributed by atoms with Crippen LogP contribution in [0.3, 0.4) is 0 Å². The van der Waals surface area contributed by atoms with Gasteiger partial charge in [-0.3, -0.25) is 4.79 Å². The van der Waals surface area contributed by atoms with Gasteiger partial charge in [-0.2, -0.15) is 0 Å². The molecule has 3 aromatic carbocycles. The number of Topliss-reactive ketones (excluding diaryl/α,β-unsaturated/α-hetero) is 1. The summed E-state index contributed by atoms with van der Waals surface area (Å²) in [6.45, 7) is 0. The van der Waals surface area contributed by atoms with Crippen molar-refractivity contribution in [1.82, 2.24) is 0 Å². The summed E-state index contributed by atoms with van der Waals surface area (Å²) in [5, 5.41) is 8.69. The summed E-state index contributed by atoms with van der Waals surface area (Å²) in [4.78, 5) is 13.2. The molecule has 23 heavy (non-hydrogen) atoms. The van der Waals surface area contributed by atoms with Crippen LogP contribution in [0.15, 0.2) is 78.9 Å². The minimum Gasteiger partial charge on any atom is -0.304 e. The van der Waals surface area contributed by atoms with E-state index in [1.165, 1.54) is 0 Å². The van der Waals surface area contributed by atoms with Crippen LogP contribution in [0.2, 0.25) is 0 Å². The average molecular weight is 297 g/mol. The maximum absolute atomic E-state index is 13.2. The zero-order chi connectivity index (χ0) is 15.8. The lowest BCUT2D eigenvalue weighted by Crippen LogP contribution is -2.21. The van der Waals surface area contributed by atoms with Crippen LogP contribution in [-0.2, 0) is 0 Å². The fourth-order valence-electron chi connectivity index (χ4n) is 3.29. The molecule has 0 radical (unpaired) electrons. The van der Waals surface area contributed by atoms with Gasteiger partial charge in [0.15, 0.2) is 5.78 Å². The molecule has 4 rings (SSSR count). The fraction of sp³-hybridized carbons (Fsp3) is 0.0476. The maximum Gasteiger partial charge on any atom is 0.176 e. The van der Waals surface area contributed by atoms with Crippen LogP contribution < -0.4 is 0 Å². The highest BCUT2D eigenvalue weighted by Crippen LogP contribution is 2.37. The van der Waals surface area contributed by atoms with Gasteiger partial charge in [-0.25, -0.2) is 0 Å². The molecule has 110 valence electrons. The van der Waals surface area contributed by atoms with E-state index in [9.17, 15) is 4.79 Å². The molecule has 0 saturated heterocycles. The molecule has 1 aliphatic carbocycles. The van der Waals surface area contributed by atoms with Gasteiger partial charge in [0.2, 0.25) is 0 Å². The summed E-state index contributed by atoms with van der Waals surface area (Å²) >= 11 is 0.